The van der Waals surface area contributed by atoms with Gasteiger partial charge in [-0.25, -0.2) is 13.1 Å². The zero-order chi connectivity index (χ0) is 14.6. The number of nitrogens with one attached hydrogen (secondary N) is 1. The van der Waals surface area contributed by atoms with E-state index in [0.29, 0.717) is 10.2 Å². The summed E-state index contributed by atoms with van der Waals surface area (Å²) in [6.45, 7) is 2.68. The van der Waals surface area contributed by atoms with Crippen molar-refractivity contribution in [2.45, 2.75) is 24.3 Å². The summed E-state index contributed by atoms with van der Waals surface area (Å²) in [4.78, 5) is 2.23. The molecule has 0 saturated carbocycles. The minimum atomic E-state index is -3.50. The van der Waals surface area contributed by atoms with Crippen molar-refractivity contribution in [1.82, 2.24) is 9.62 Å². The summed E-state index contributed by atoms with van der Waals surface area (Å²) in [7, 11) is 0.413. The molecule has 0 aliphatic rings. The lowest BCUT2D eigenvalue weighted by atomic mass is 10.2. The molecule has 0 spiro atoms. The van der Waals surface area contributed by atoms with Crippen LogP contribution in [0, 0.1) is 0 Å². The van der Waals surface area contributed by atoms with Crippen molar-refractivity contribution in [1.29, 1.82) is 0 Å². The number of sulfonamides is 1. The number of anilines is 1. The van der Waals surface area contributed by atoms with E-state index in [1.165, 1.54) is 12.1 Å². The highest BCUT2D eigenvalue weighted by Crippen LogP contribution is 2.23. The van der Waals surface area contributed by atoms with E-state index in [4.69, 9.17) is 5.73 Å². The molecule has 5 nitrogen and oxygen atoms in total. The molecule has 3 N–H and O–H groups in total. The van der Waals surface area contributed by atoms with Crippen molar-refractivity contribution in [2.75, 3.05) is 26.4 Å². The van der Waals surface area contributed by atoms with Gasteiger partial charge in [-0.3, -0.25) is 0 Å². The Hall–Kier alpha value is -0.630. The molecule has 0 radical (unpaired) electrons. The monoisotopic (exact) mass is 349 g/mol. The van der Waals surface area contributed by atoms with Crippen LogP contribution in [0.1, 0.15) is 13.3 Å². The zero-order valence-electron chi connectivity index (χ0n) is 11.4. The third kappa shape index (κ3) is 5.10. The third-order valence-corrected chi connectivity index (χ3v) is 4.92. The van der Waals surface area contributed by atoms with Crippen LogP contribution in [-0.2, 0) is 10.0 Å². The lowest BCUT2D eigenvalue weighted by Crippen LogP contribution is -2.34. The highest BCUT2D eigenvalue weighted by atomic mass is 79.9. The zero-order valence-corrected chi connectivity index (χ0v) is 13.8. The number of benzene rings is 1. The second-order valence-electron chi connectivity index (χ2n) is 4.80. The van der Waals surface area contributed by atoms with Gasteiger partial charge in [-0.15, -0.1) is 0 Å². The molecule has 1 aromatic carbocycles. The van der Waals surface area contributed by atoms with Crippen molar-refractivity contribution >= 4 is 31.6 Å². The molecule has 0 heterocycles. The molecule has 0 fully saturated rings. The third-order valence-electron chi connectivity index (χ3n) is 2.65. The quantitative estimate of drug-likeness (QED) is 0.765. The standard InChI is InChI=1S/C12H20BrN3O2S/c1-9(6-7-16(2)3)15-19(17,18)10-4-5-12(14)11(13)8-10/h4-5,8-9,15H,6-7,14H2,1-3H3. The minimum absolute atomic E-state index is 0.122. The smallest absolute Gasteiger partial charge is 0.240 e. The molecular formula is C12H20BrN3O2S. The molecule has 108 valence electrons. The van der Waals surface area contributed by atoms with Gasteiger partial charge in [0, 0.05) is 16.2 Å². The maximum absolute atomic E-state index is 12.2. The predicted octanol–water partition coefficient (Wildman–Crippen LogP) is 1.65. The van der Waals surface area contributed by atoms with E-state index in [9.17, 15) is 8.42 Å². The van der Waals surface area contributed by atoms with E-state index in [2.05, 4.69) is 20.7 Å². The number of hydrogen-bond donors (Lipinski definition) is 2. The van der Waals surface area contributed by atoms with E-state index in [-0.39, 0.29) is 10.9 Å². The highest BCUT2D eigenvalue weighted by molar-refractivity contribution is 9.10. The first-order valence-corrected chi connectivity index (χ1v) is 8.22. The van der Waals surface area contributed by atoms with Gasteiger partial charge in [0.25, 0.3) is 0 Å². The summed E-state index contributed by atoms with van der Waals surface area (Å²) in [5.74, 6) is 0. The Bertz CT molecular complexity index is 532. The largest absolute Gasteiger partial charge is 0.398 e. The van der Waals surface area contributed by atoms with Crippen molar-refractivity contribution in [3.63, 3.8) is 0 Å². The van der Waals surface area contributed by atoms with Gasteiger partial charge in [-0.05, 0) is 68.1 Å². The van der Waals surface area contributed by atoms with E-state index < -0.39 is 10.0 Å². The molecule has 1 aromatic rings. The number of nitrogens with two attached hydrogens (primary N) is 1. The van der Waals surface area contributed by atoms with Gasteiger partial charge in [-0.2, -0.15) is 0 Å². The Morgan fingerprint density at radius 1 is 1.42 bits per heavy atom. The number of nitrogens with zero attached hydrogens (tertiary/aromatic N) is 1. The average molecular weight is 350 g/mol. The van der Waals surface area contributed by atoms with Crippen LogP contribution >= 0.6 is 15.9 Å². The molecule has 0 aliphatic heterocycles. The molecule has 0 saturated heterocycles. The second kappa shape index (κ2) is 6.69. The normalized spacial score (nSPS) is 13.7. The lowest BCUT2D eigenvalue weighted by molar-refractivity contribution is 0.379. The molecule has 0 aromatic heterocycles. The van der Waals surface area contributed by atoms with Crippen LogP contribution in [0.5, 0.6) is 0 Å². The van der Waals surface area contributed by atoms with Crippen molar-refractivity contribution in [2.24, 2.45) is 0 Å². The maximum Gasteiger partial charge on any atom is 0.240 e. The average Bonchev–Trinajstić information content (AvgIpc) is 2.29. The van der Waals surface area contributed by atoms with Crippen molar-refractivity contribution in [3.8, 4) is 0 Å². The van der Waals surface area contributed by atoms with Gasteiger partial charge in [0.15, 0.2) is 0 Å². The summed E-state index contributed by atoms with van der Waals surface area (Å²) in [6.07, 6.45) is 0.752. The van der Waals surface area contributed by atoms with Gasteiger partial charge in [-0.1, -0.05) is 0 Å². The Morgan fingerprint density at radius 2 is 2.05 bits per heavy atom. The van der Waals surface area contributed by atoms with Crippen LogP contribution in [-0.4, -0.2) is 40.0 Å². The molecule has 1 unspecified atom stereocenters. The summed E-state index contributed by atoms with van der Waals surface area (Å²) in [5.41, 5.74) is 6.16. The van der Waals surface area contributed by atoms with E-state index >= 15 is 0 Å². The first-order valence-electron chi connectivity index (χ1n) is 5.94. The first-order chi connectivity index (χ1) is 8.72. The summed E-state index contributed by atoms with van der Waals surface area (Å²) in [6, 6.07) is 4.46. The van der Waals surface area contributed by atoms with E-state index in [1.807, 2.05) is 25.9 Å². The number of nitrogen functional groups attached to an aromatic ring is 1. The molecule has 0 amide bonds. The predicted molar refractivity (Wildman–Crippen MR) is 81.5 cm³/mol. The Kier molecular flexibility index (Phi) is 5.79. The molecule has 0 bridgehead atoms. The second-order valence-corrected chi connectivity index (χ2v) is 7.37. The van der Waals surface area contributed by atoms with Gasteiger partial charge in [0.2, 0.25) is 10.0 Å². The van der Waals surface area contributed by atoms with Crippen LogP contribution in [0.15, 0.2) is 27.6 Å². The molecular weight excluding hydrogens is 330 g/mol. The summed E-state index contributed by atoms with van der Waals surface area (Å²) < 4.78 is 27.6. The topological polar surface area (TPSA) is 75.4 Å². The summed E-state index contributed by atoms with van der Waals surface area (Å²) >= 11 is 3.23. The molecule has 19 heavy (non-hydrogen) atoms. The molecule has 0 aliphatic carbocycles. The highest BCUT2D eigenvalue weighted by Gasteiger charge is 2.18. The first kappa shape index (κ1) is 16.4. The van der Waals surface area contributed by atoms with Gasteiger partial charge < -0.3 is 10.6 Å². The number of rotatable bonds is 6. The van der Waals surface area contributed by atoms with E-state index in [0.717, 1.165) is 13.0 Å². The maximum atomic E-state index is 12.2. The van der Waals surface area contributed by atoms with Crippen LogP contribution in [0.3, 0.4) is 0 Å². The SMILES string of the molecule is CC(CCN(C)C)NS(=O)(=O)c1ccc(N)c(Br)c1. The van der Waals surface area contributed by atoms with Gasteiger partial charge in [0.1, 0.15) is 0 Å². The lowest BCUT2D eigenvalue weighted by Gasteiger charge is -2.17. The van der Waals surface area contributed by atoms with Crippen LogP contribution < -0.4 is 10.5 Å². The molecule has 7 heteroatoms. The number of hydrogen-bond acceptors (Lipinski definition) is 4. The van der Waals surface area contributed by atoms with Gasteiger partial charge in [0.05, 0.1) is 4.90 Å². The minimum Gasteiger partial charge on any atom is -0.398 e. The van der Waals surface area contributed by atoms with E-state index in [1.54, 1.807) is 6.07 Å². The van der Waals surface area contributed by atoms with Crippen LogP contribution in [0.2, 0.25) is 0 Å². The number of halogens is 1. The van der Waals surface area contributed by atoms with Gasteiger partial charge >= 0.3 is 0 Å². The fourth-order valence-corrected chi connectivity index (χ4v) is 3.35. The van der Waals surface area contributed by atoms with Crippen molar-refractivity contribution < 1.29 is 8.42 Å². The fourth-order valence-electron chi connectivity index (χ4n) is 1.52. The Morgan fingerprint density at radius 3 is 2.58 bits per heavy atom. The molecule has 1 rings (SSSR count). The fraction of sp³-hybridized carbons (Fsp3) is 0.500. The Balaban J connectivity index is 2.77. The Labute approximate surface area is 123 Å². The van der Waals surface area contributed by atoms with Crippen molar-refractivity contribution in [3.05, 3.63) is 22.7 Å². The van der Waals surface area contributed by atoms with Crippen LogP contribution in [0.25, 0.3) is 0 Å². The summed E-state index contributed by atoms with van der Waals surface area (Å²) in [5, 5.41) is 0. The molecule has 1 atom stereocenters. The van der Waals surface area contributed by atoms with Crippen LogP contribution in [0.4, 0.5) is 5.69 Å².